The molecular formula is C10H9BN2O3. The van der Waals surface area contributed by atoms with Gasteiger partial charge in [-0.05, 0) is 0 Å². The van der Waals surface area contributed by atoms with Crippen molar-refractivity contribution >= 4 is 30.2 Å². The van der Waals surface area contributed by atoms with Gasteiger partial charge in [0.1, 0.15) is 5.75 Å². The summed E-state index contributed by atoms with van der Waals surface area (Å²) in [5.41, 5.74) is 0.491. The zero-order valence-electron chi connectivity index (χ0n) is 8.90. The van der Waals surface area contributed by atoms with Crippen molar-refractivity contribution in [1.29, 1.82) is 0 Å². The van der Waals surface area contributed by atoms with Crippen molar-refractivity contribution < 1.29 is 14.3 Å². The fourth-order valence-electron chi connectivity index (χ4n) is 1.57. The molecule has 0 saturated carbocycles. The van der Waals surface area contributed by atoms with Crippen LogP contribution in [0.15, 0.2) is 18.6 Å². The number of rotatable bonds is 3. The van der Waals surface area contributed by atoms with E-state index in [4.69, 9.17) is 4.74 Å². The zero-order valence-corrected chi connectivity index (χ0v) is 8.90. The summed E-state index contributed by atoms with van der Waals surface area (Å²) in [7, 11) is 2.74. The van der Waals surface area contributed by atoms with Gasteiger partial charge in [-0.25, -0.2) is 0 Å². The molecule has 0 aliphatic heterocycles. The number of ether oxygens (including phenoxy) is 1. The molecule has 2 heterocycles. The summed E-state index contributed by atoms with van der Waals surface area (Å²) in [5, 5.41) is 0.595. The summed E-state index contributed by atoms with van der Waals surface area (Å²) in [5.74, 6) is -0.0564. The van der Waals surface area contributed by atoms with Crippen LogP contribution < -0.4 is 4.74 Å². The lowest BCUT2D eigenvalue weighted by atomic mass is 9.94. The van der Waals surface area contributed by atoms with Gasteiger partial charge in [0.15, 0.2) is 13.5 Å². The van der Waals surface area contributed by atoms with Crippen LogP contribution in [0.4, 0.5) is 0 Å². The van der Waals surface area contributed by atoms with Gasteiger partial charge in [-0.3, -0.25) is 9.78 Å². The number of fused-ring (bicyclic) bond motifs is 1. The highest BCUT2D eigenvalue weighted by Crippen LogP contribution is 2.27. The summed E-state index contributed by atoms with van der Waals surface area (Å²) in [6, 6.07) is 0. The Hall–Kier alpha value is -2.11. The molecule has 5 nitrogen and oxygen atoms in total. The normalized spacial score (nSPS) is 10.3. The van der Waals surface area contributed by atoms with Gasteiger partial charge in [-0.2, -0.15) is 0 Å². The van der Waals surface area contributed by atoms with Gasteiger partial charge in [-0.1, -0.05) is 0 Å². The van der Waals surface area contributed by atoms with E-state index < -0.39 is 11.5 Å². The highest BCUT2D eigenvalue weighted by atomic mass is 16.5. The highest BCUT2D eigenvalue weighted by molar-refractivity contribution is 6.79. The van der Waals surface area contributed by atoms with E-state index in [1.165, 1.54) is 27.3 Å². The molecule has 0 fully saturated rings. The third-order valence-electron chi connectivity index (χ3n) is 2.34. The molecule has 0 atom stereocenters. The Bertz CT molecular complexity index is 576. The van der Waals surface area contributed by atoms with E-state index in [0.29, 0.717) is 22.2 Å². The monoisotopic (exact) mass is 216 g/mol. The highest BCUT2D eigenvalue weighted by Gasteiger charge is 2.18. The maximum atomic E-state index is 11.6. The molecule has 80 valence electrons. The molecule has 2 aromatic rings. The van der Waals surface area contributed by atoms with Gasteiger partial charge in [-0.15, -0.1) is 0 Å². The molecule has 0 unspecified atom stereocenters. The van der Waals surface area contributed by atoms with Crippen LogP contribution in [0.25, 0.3) is 10.9 Å². The molecule has 0 spiro atoms. The number of carbonyl (C=O) groups excluding carboxylic acids is 2. The fraction of sp³-hybridized carbons (Fsp3) is 0.100. The topological polar surface area (TPSA) is 72.0 Å². The maximum Gasteiger partial charge on any atom is 0.219 e. The number of pyridine rings is 1. The number of aromatic nitrogens is 2. The lowest BCUT2D eigenvalue weighted by Crippen LogP contribution is -2.13. The van der Waals surface area contributed by atoms with Crippen molar-refractivity contribution in [3.05, 3.63) is 24.2 Å². The minimum absolute atomic E-state index is 0.321. The Morgan fingerprint density at radius 2 is 2.19 bits per heavy atom. The SMILES string of the molecule is BC(=O)C(=O)c1c[nH]c2cncc(OC)c12. The lowest BCUT2D eigenvalue weighted by molar-refractivity contribution is -0.108. The third kappa shape index (κ3) is 1.48. The van der Waals surface area contributed by atoms with E-state index in [1.807, 2.05) is 0 Å². The molecule has 0 radical (unpaired) electrons. The van der Waals surface area contributed by atoms with E-state index >= 15 is 0 Å². The van der Waals surface area contributed by atoms with E-state index in [-0.39, 0.29) is 0 Å². The molecule has 16 heavy (non-hydrogen) atoms. The number of nitrogens with one attached hydrogen (secondary N) is 1. The summed E-state index contributed by atoms with van der Waals surface area (Å²) < 4.78 is 5.11. The van der Waals surface area contributed by atoms with Gasteiger partial charge in [0.2, 0.25) is 5.78 Å². The fourth-order valence-corrected chi connectivity index (χ4v) is 1.57. The molecule has 1 N–H and O–H groups in total. The first-order valence-electron chi connectivity index (χ1n) is 4.69. The van der Waals surface area contributed by atoms with Crippen molar-refractivity contribution in [1.82, 2.24) is 9.97 Å². The molecule has 0 bridgehead atoms. The second-order valence-electron chi connectivity index (χ2n) is 3.35. The standard InChI is InChI=1S/C10H9BN2O3/c1-16-7-4-12-3-6-8(7)5(2-13-6)9(14)10(11)15/h2-4,13H,11H2,1H3. The van der Waals surface area contributed by atoms with E-state index in [9.17, 15) is 9.59 Å². The quantitative estimate of drug-likeness (QED) is 0.442. The zero-order chi connectivity index (χ0) is 11.7. The molecule has 0 aliphatic rings. The summed E-state index contributed by atoms with van der Waals surface area (Å²) in [6.07, 6.45) is 4.58. The van der Waals surface area contributed by atoms with Crippen molar-refractivity contribution in [2.45, 2.75) is 0 Å². The van der Waals surface area contributed by atoms with Crippen LogP contribution >= 0.6 is 0 Å². The number of carbonyl (C=O) groups is 2. The Balaban J connectivity index is 2.72. The first-order valence-corrected chi connectivity index (χ1v) is 4.69. The Morgan fingerprint density at radius 1 is 1.44 bits per heavy atom. The number of methoxy groups -OCH3 is 1. The first kappa shape index (κ1) is 10.4. The van der Waals surface area contributed by atoms with Crippen LogP contribution in [0.2, 0.25) is 0 Å². The molecule has 2 rings (SSSR count). The molecule has 0 amide bonds. The van der Waals surface area contributed by atoms with Crippen molar-refractivity contribution in [3.63, 3.8) is 0 Å². The van der Waals surface area contributed by atoms with E-state index in [2.05, 4.69) is 9.97 Å². The average Bonchev–Trinajstić information content (AvgIpc) is 2.71. The predicted molar refractivity (Wildman–Crippen MR) is 60.5 cm³/mol. The Labute approximate surface area is 92.2 Å². The Morgan fingerprint density at radius 3 is 2.81 bits per heavy atom. The first-order chi connectivity index (χ1) is 7.65. The molecular weight excluding hydrogens is 207 g/mol. The average molecular weight is 216 g/mol. The maximum absolute atomic E-state index is 11.6. The van der Waals surface area contributed by atoms with E-state index in [1.54, 1.807) is 6.20 Å². The van der Waals surface area contributed by atoms with E-state index in [0.717, 1.165) is 0 Å². The number of nitrogens with zero attached hydrogens (tertiary/aromatic N) is 1. The van der Waals surface area contributed by atoms with Gasteiger partial charge in [0.25, 0.3) is 0 Å². The molecule has 6 heteroatoms. The van der Waals surface area contributed by atoms with Crippen molar-refractivity contribution in [2.24, 2.45) is 0 Å². The number of aromatic amines is 1. The van der Waals surface area contributed by atoms with Gasteiger partial charge in [0, 0.05) is 6.20 Å². The summed E-state index contributed by atoms with van der Waals surface area (Å²) in [4.78, 5) is 29.5. The van der Waals surface area contributed by atoms with Crippen LogP contribution in [-0.4, -0.2) is 36.4 Å². The third-order valence-corrected chi connectivity index (χ3v) is 2.34. The smallest absolute Gasteiger partial charge is 0.219 e. The van der Waals surface area contributed by atoms with Gasteiger partial charge in [0.05, 0.1) is 36.0 Å². The van der Waals surface area contributed by atoms with Crippen LogP contribution in [-0.2, 0) is 4.79 Å². The lowest BCUT2D eigenvalue weighted by Gasteiger charge is -2.02. The number of hydrogen-bond acceptors (Lipinski definition) is 4. The number of H-pyrrole nitrogens is 1. The van der Waals surface area contributed by atoms with Crippen LogP contribution in [0.5, 0.6) is 5.75 Å². The molecule has 0 aliphatic carbocycles. The molecule has 0 saturated heterocycles. The second-order valence-corrected chi connectivity index (χ2v) is 3.35. The van der Waals surface area contributed by atoms with Gasteiger partial charge >= 0.3 is 0 Å². The number of ketones is 1. The number of Topliss-reactive ketones (excluding diaryl/α,β-unsaturated/α-hetero) is 1. The summed E-state index contributed by atoms with van der Waals surface area (Å²) >= 11 is 0. The van der Waals surface area contributed by atoms with Gasteiger partial charge < -0.3 is 14.5 Å². The van der Waals surface area contributed by atoms with Crippen LogP contribution in [0, 0.1) is 0 Å². The van der Waals surface area contributed by atoms with Crippen molar-refractivity contribution in [2.75, 3.05) is 7.11 Å². The summed E-state index contributed by atoms with van der Waals surface area (Å²) in [6.45, 7) is 0. The predicted octanol–water partition coefficient (Wildman–Crippen LogP) is -0.0861. The minimum atomic E-state index is -0.532. The molecule has 0 aromatic carbocycles. The Kier molecular flexibility index (Phi) is 2.48. The molecule has 2 aromatic heterocycles. The second kappa shape index (κ2) is 3.81. The minimum Gasteiger partial charge on any atom is -0.494 e. The van der Waals surface area contributed by atoms with Crippen LogP contribution in [0.1, 0.15) is 10.4 Å². The van der Waals surface area contributed by atoms with Crippen LogP contribution in [0.3, 0.4) is 0 Å². The van der Waals surface area contributed by atoms with Crippen molar-refractivity contribution in [3.8, 4) is 5.75 Å². The largest absolute Gasteiger partial charge is 0.494 e. The number of hydrogen-bond donors (Lipinski definition) is 1.